The van der Waals surface area contributed by atoms with E-state index in [2.05, 4.69) is 14.7 Å². The molecule has 26 heavy (non-hydrogen) atoms. The van der Waals surface area contributed by atoms with E-state index in [-0.39, 0.29) is 5.92 Å². The van der Waals surface area contributed by atoms with Gasteiger partial charge < -0.3 is 9.64 Å². The summed E-state index contributed by atoms with van der Waals surface area (Å²) in [5, 5.41) is 0. The molecule has 5 nitrogen and oxygen atoms in total. The molecule has 1 atom stereocenters. The maximum absolute atomic E-state index is 13.1. The summed E-state index contributed by atoms with van der Waals surface area (Å²) in [6, 6.07) is 1.43. The summed E-state index contributed by atoms with van der Waals surface area (Å²) in [5.74, 6) is 0.692. The van der Waals surface area contributed by atoms with Crippen LogP contribution < -0.4 is 0 Å². The van der Waals surface area contributed by atoms with Gasteiger partial charge in [0.05, 0.1) is 5.92 Å². The van der Waals surface area contributed by atoms with Crippen LogP contribution in [0.3, 0.4) is 0 Å². The third-order valence-corrected chi connectivity index (χ3v) is 7.23. The van der Waals surface area contributed by atoms with Crippen molar-refractivity contribution in [3.8, 4) is 0 Å². The van der Waals surface area contributed by atoms with Gasteiger partial charge >= 0.3 is 0 Å². The molecule has 1 unspecified atom stereocenters. The molecule has 0 aromatic carbocycles. The lowest BCUT2D eigenvalue weighted by molar-refractivity contribution is -0.140. The number of likely N-dealkylation sites (tertiary alicyclic amines) is 1. The predicted molar refractivity (Wildman–Crippen MR) is 103 cm³/mol. The first kappa shape index (κ1) is 18.7. The molecule has 1 saturated carbocycles. The van der Waals surface area contributed by atoms with Crippen molar-refractivity contribution in [3.63, 3.8) is 0 Å². The molecular formula is C21H37N3O2. The van der Waals surface area contributed by atoms with E-state index in [1.807, 2.05) is 0 Å². The molecule has 4 fully saturated rings. The zero-order valence-corrected chi connectivity index (χ0v) is 16.4. The van der Waals surface area contributed by atoms with E-state index in [9.17, 15) is 4.79 Å². The molecule has 4 aliphatic rings. The van der Waals surface area contributed by atoms with Crippen LogP contribution in [0.2, 0.25) is 0 Å². The normalized spacial score (nSPS) is 31.2. The van der Waals surface area contributed by atoms with Crippen molar-refractivity contribution in [1.82, 2.24) is 14.7 Å². The summed E-state index contributed by atoms with van der Waals surface area (Å²) < 4.78 is 5.49. The summed E-state index contributed by atoms with van der Waals surface area (Å²) in [5.41, 5.74) is 0. The number of ether oxygens (including phenoxy) is 1. The number of hydrogen-bond donors (Lipinski definition) is 0. The summed E-state index contributed by atoms with van der Waals surface area (Å²) in [7, 11) is 0. The van der Waals surface area contributed by atoms with Crippen molar-refractivity contribution in [2.45, 2.75) is 69.9 Å². The Bertz CT molecular complexity index is 452. The van der Waals surface area contributed by atoms with E-state index in [0.717, 1.165) is 71.2 Å². The molecule has 3 saturated heterocycles. The van der Waals surface area contributed by atoms with Gasteiger partial charge in [-0.25, -0.2) is 0 Å². The molecule has 5 heteroatoms. The lowest BCUT2D eigenvalue weighted by Gasteiger charge is -2.43. The number of piperazine rings is 1. The fourth-order valence-electron chi connectivity index (χ4n) is 5.60. The van der Waals surface area contributed by atoms with Crippen LogP contribution >= 0.6 is 0 Å². The zero-order valence-electron chi connectivity index (χ0n) is 16.4. The largest absolute Gasteiger partial charge is 0.381 e. The van der Waals surface area contributed by atoms with Gasteiger partial charge in [-0.2, -0.15) is 0 Å². The SMILES string of the molecule is O=C(C1CCCN(C2CCCCC2)C1)N1CCN(C2CCOCC2)CC1. The number of hydrogen-bond acceptors (Lipinski definition) is 4. The second-order valence-electron chi connectivity index (χ2n) is 8.83. The van der Waals surface area contributed by atoms with Crippen LogP contribution in [0.25, 0.3) is 0 Å². The van der Waals surface area contributed by atoms with Crippen molar-refractivity contribution >= 4 is 5.91 Å². The van der Waals surface area contributed by atoms with E-state index < -0.39 is 0 Å². The van der Waals surface area contributed by atoms with Crippen LogP contribution in [0.4, 0.5) is 0 Å². The number of carbonyl (C=O) groups is 1. The number of amides is 1. The maximum atomic E-state index is 13.1. The maximum Gasteiger partial charge on any atom is 0.227 e. The molecule has 3 aliphatic heterocycles. The van der Waals surface area contributed by atoms with Gasteiger partial charge in [0.2, 0.25) is 5.91 Å². The molecule has 3 heterocycles. The molecular weight excluding hydrogens is 326 g/mol. The van der Waals surface area contributed by atoms with Gasteiger partial charge in [-0.05, 0) is 45.1 Å². The first-order valence-corrected chi connectivity index (χ1v) is 11.2. The number of piperidine rings is 1. The molecule has 148 valence electrons. The van der Waals surface area contributed by atoms with Crippen molar-refractivity contribution in [1.29, 1.82) is 0 Å². The molecule has 0 radical (unpaired) electrons. The Morgan fingerprint density at radius 1 is 0.692 bits per heavy atom. The average molecular weight is 364 g/mol. The molecule has 0 aromatic rings. The molecule has 0 N–H and O–H groups in total. The average Bonchev–Trinajstić information content (AvgIpc) is 2.75. The van der Waals surface area contributed by atoms with E-state index in [1.54, 1.807) is 0 Å². The zero-order chi connectivity index (χ0) is 17.8. The van der Waals surface area contributed by atoms with E-state index in [0.29, 0.717) is 11.9 Å². The Morgan fingerprint density at radius 3 is 2.12 bits per heavy atom. The smallest absolute Gasteiger partial charge is 0.227 e. The molecule has 0 bridgehead atoms. The number of carbonyl (C=O) groups excluding carboxylic acids is 1. The van der Waals surface area contributed by atoms with Gasteiger partial charge in [-0.1, -0.05) is 19.3 Å². The second kappa shape index (κ2) is 9.03. The predicted octanol–water partition coefficient (Wildman–Crippen LogP) is 2.35. The van der Waals surface area contributed by atoms with E-state index in [4.69, 9.17) is 4.74 Å². The minimum atomic E-state index is 0.250. The summed E-state index contributed by atoms with van der Waals surface area (Å²) in [6.45, 7) is 8.00. The highest BCUT2D eigenvalue weighted by Gasteiger charge is 2.34. The summed E-state index contributed by atoms with van der Waals surface area (Å²) in [6.07, 6.45) is 11.5. The highest BCUT2D eigenvalue weighted by Crippen LogP contribution is 2.28. The van der Waals surface area contributed by atoms with Gasteiger partial charge in [0.1, 0.15) is 0 Å². The third-order valence-electron chi connectivity index (χ3n) is 7.23. The van der Waals surface area contributed by atoms with Crippen molar-refractivity contribution < 1.29 is 9.53 Å². The second-order valence-corrected chi connectivity index (χ2v) is 8.83. The van der Waals surface area contributed by atoms with E-state index >= 15 is 0 Å². The van der Waals surface area contributed by atoms with Crippen molar-refractivity contribution in [2.75, 3.05) is 52.5 Å². The quantitative estimate of drug-likeness (QED) is 0.771. The van der Waals surface area contributed by atoms with Crippen LogP contribution in [-0.2, 0) is 9.53 Å². The lowest BCUT2D eigenvalue weighted by atomic mass is 9.89. The Morgan fingerprint density at radius 2 is 1.38 bits per heavy atom. The minimum absolute atomic E-state index is 0.250. The van der Waals surface area contributed by atoms with Gasteiger partial charge in [0.25, 0.3) is 0 Å². The lowest BCUT2D eigenvalue weighted by Crippen LogP contribution is -2.55. The molecule has 0 spiro atoms. The first-order valence-electron chi connectivity index (χ1n) is 11.2. The van der Waals surface area contributed by atoms with Crippen LogP contribution in [0.5, 0.6) is 0 Å². The Kier molecular flexibility index (Phi) is 6.49. The first-order chi connectivity index (χ1) is 12.8. The highest BCUT2D eigenvalue weighted by molar-refractivity contribution is 5.79. The van der Waals surface area contributed by atoms with E-state index in [1.165, 1.54) is 45.1 Å². The third kappa shape index (κ3) is 4.42. The van der Waals surface area contributed by atoms with Crippen LogP contribution in [0.1, 0.15) is 57.8 Å². The molecule has 4 rings (SSSR count). The molecule has 1 amide bonds. The molecule has 1 aliphatic carbocycles. The number of rotatable bonds is 3. The fraction of sp³-hybridized carbons (Fsp3) is 0.952. The standard InChI is InChI=1S/C21H37N3O2/c25-21(18-5-4-10-24(17-18)19-6-2-1-3-7-19)23-13-11-22(12-14-23)20-8-15-26-16-9-20/h18-20H,1-17H2. The van der Waals surface area contributed by atoms with Crippen LogP contribution in [-0.4, -0.2) is 85.2 Å². The Balaban J connectivity index is 1.26. The monoisotopic (exact) mass is 363 g/mol. The van der Waals surface area contributed by atoms with Crippen LogP contribution in [0.15, 0.2) is 0 Å². The topological polar surface area (TPSA) is 36.0 Å². The Labute approximate surface area is 159 Å². The van der Waals surface area contributed by atoms with Crippen LogP contribution in [0, 0.1) is 5.92 Å². The molecule has 0 aromatic heterocycles. The Hall–Kier alpha value is -0.650. The fourth-order valence-corrected chi connectivity index (χ4v) is 5.60. The van der Waals surface area contributed by atoms with Gasteiger partial charge in [0, 0.05) is 58.0 Å². The van der Waals surface area contributed by atoms with Gasteiger partial charge in [-0.3, -0.25) is 14.6 Å². The summed E-state index contributed by atoms with van der Waals surface area (Å²) in [4.78, 5) is 20.6. The van der Waals surface area contributed by atoms with Crippen molar-refractivity contribution in [3.05, 3.63) is 0 Å². The highest BCUT2D eigenvalue weighted by atomic mass is 16.5. The van der Waals surface area contributed by atoms with Gasteiger partial charge in [0.15, 0.2) is 0 Å². The van der Waals surface area contributed by atoms with Crippen molar-refractivity contribution in [2.24, 2.45) is 5.92 Å². The number of nitrogens with zero attached hydrogens (tertiary/aromatic N) is 3. The van der Waals surface area contributed by atoms with Gasteiger partial charge in [-0.15, -0.1) is 0 Å². The summed E-state index contributed by atoms with van der Waals surface area (Å²) >= 11 is 0. The minimum Gasteiger partial charge on any atom is -0.381 e.